The van der Waals surface area contributed by atoms with Crippen LogP contribution in [0.1, 0.15) is 36.2 Å². The summed E-state index contributed by atoms with van der Waals surface area (Å²) in [4.78, 5) is 25.8. The van der Waals surface area contributed by atoms with E-state index in [9.17, 15) is 18.0 Å². The number of carbonyl (C=O) groups excluding carboxylic acids is 2. The number of hydrogen-bond acceptors (Lipinski definition) is 4. The molecule has 0 aliphatic rings. The van der Waals surface area contributed by atoms with Gasteiger partial charge in [0.05, 0.1) is 21.8 Å². The lowest BCUT2D eigenvalue weighted by Gasteiger charge is -2.24. The van der Waals surface area contributed by atoms with Gasteiger partial charge in [0.25, 0.3) is 15.9 Å². The number of aryl methyl sites for hydroxylation is 1. The van der Waals surface area contributed by atoms with Gasteiger partial charge in [-0.2, -0.15) is 0 Å². The molecule has 9 heteroatoms. The average Bonchev–Trinajstić information content (AvgIpc) is 2.83. The molecule has 0 fully saturated rings. The van der Waals surface area contributed by atoms with Crippen LogP contribution < -0.4 is 14.9 Å². The van der Waals surface area contributed by atoms with Gasteiger partial charge in [-0.05, 0) is 62.7 Å². The largest absolute Gasteiger partial charge is 0.350 e. The van der Waals surface area contributed by atoms with Gasteiger partial charge in [-0.3, -0.25) is 13.9 Å². The van der Waals surface area contributed by atoms with E-state index in [1.165, 1.54) is 18.2 Å². The molecular formula is C26H28ClN3O4S. The summed E-state index contributed by atoms with van der Waals surface area (Å²) in [5.74, 6) is -0.932. The van der Waals surface area contributed by atoms with E-state index < -0.39 is 22.5 Å². The van der Waals surface area contributed by atoms with Gasteiger partial charge in [0, 0.05) is 11.1 Å². The highest BCUT2D eigenvalue weighted by molar-refractivity contribution is 7.92. The van der Waals surface area contributed by atoms with Gasteiger partial charge in [-0.15, -0.1) is 0 Å². The maximum atomic E-state index is 13.5. The zero-order valence-corrected chi connectivity index (χ0v) is 21.4. The van der Waals surface area contributed by atoms with Crippen LogP contribution in [0.5, 0.6) is 0 Å². The summed E-state index contributed by atoms with van der Waals surface area (Å²) in [7, 11) is -4.09. The maximum absolute atomic E-state index is 13.5. The van der Waals surface area contributed by atoms with Gasteiger partial charge in [-0.25, -0.2) is 8.42 Å². The summed E-state index contributed by atoms with van der Waals surface area (Å²) in [5.41, 5.74) is 1.73. The quantitative estimate of drug-likeness (QED) is 0.420. The topological polar surface area (TPSA) is 95.6 Å². The molecule has 3 aromatic rings. The van der Waals surface area contributed by atoms with Crippen LogP contribution >= 0.6 is 11.6 Å². The van der Waals surface area contributed by atoms with Gasteiger partial charge in [-0.1, -0.05) is 54.4 Å². The second-order valence-electron chi connectivity index (χ2n) is 8.18. The molecule has 3 rings (SSSR count). The Morgan fingerprint density at radius 2 is 1.69 bits per heavy atom. The molecule has 1 atom stereocenters. The number of halogens is 1. The minimum Gasteiger partial charge on any atom is -0.350 e. The molecule has 3 aromatic carbocycles. The van der Waals surface area contributed by atoms with E-state index in [4.69, 9.17) is 11.6 Å². The molecule has 0 saturated heterocycles. The Kier molecular flexibility index (Phi) is 8.53. The molecule has 184 valence electrons. The van der Waals surface area contributed by atoms with Crippen molar-refractivity contribution in [1.82, 2.24) is 5.32 Å². The normalized spacial score (nSPS) is 12.0. The Morgan fingerprint density at radius 3 is 2.34 bits per heavy atom. The zero-order chi connectivity index (χ0) is 25.6. The fraction of sp³-hybridized carbons (Fsp3) is 0.231. The first-order valence-electron chi connectivity index (χ1n) is 11.2. The van der Waals surface area contributed by atoms with Crippen molar-refractivity contribution in [2.45, 2.75) is 38.1 Å². The van der Waals surface area contributed by atoms with Crippen LogP contribution in [-0.2, 0) is 14.8 Å². The maximum Gasteiger partial charge on any atom is 0.264 e. The highest BCUT2D eigenvalue weighted by Crippen LogP contribution is 2.26. The summed E-state index contributed by atoms with van der Waals surface area (Å²) in [5, 5.41) is 5.90. The third kappa shape index (κ3) is 6.61. The molecule has 0 aliphatic carbocycles. The number of nitrogens with zero attached hydrogens (tertiary/aromatic N) is 1. The monoisotopic (exact) mass is 513 g/mol. The van der Waals surface area contributed by atoms with Gasteiger partial charge in [0.2, 0.25) is 5.91 Å². The lowest BCUT2D eigenvalue weighted by atomic mass is 10.1. The number of para-hydroxylation sites is 1. The molecule has 0 bridgehead atoms. The summed E-state index contributed by atoms with van der Waals surface area (Å²) in [6.45, 7) is 5.18. The number of rotatable bonds is 9. The minimum absolute atomic E-state index is 0.0377. The fourth-order valence-corrected chi connectivity index (χ4v) is 4.90. The molecule has 0 radical (unpaired) electrons. The number of nitrogens with one attached hydrogen (secondary N) is 2. The Hall–Kier alpha value is -3.36. The molecule has 0 saturated carbocycles. The first kappa shape index (κ1) is 26.2. The summed E-state index contributed by atoms with van der Waals surface area (Å²) >= 11 is 6.11. The molecule has 2 N–H and O–H groups in total. The van der Waals surface area contributed by atoms with Crippen molar-refractivity contribution < 1.29 is 18.0 Å². The SMILES string of the molecule is CC[C@H](C)NC(=O)c1ccccc1NC(=O)CN(c1cccc(Cl)c1)S(=O)(=O)c1ccc(C)cc1. The molecule has 0 aliphatic heterocycles. The smallest absolute Gasteiger partial charge is 0.264 e. The second-order valence-corrected chi connectivity index (χ2v) is 10.5. The summed E-state index contributed by atoms with van der Waals surface area (Å²) < 4.78 is 28.0. The van der Waals surface area contributed by atoms with E-state index in [0.29, 0.717) is 5.02 Å². The first-order valence-corrected chi connectivity index (χ1v) is 13.0. The van der Waals surface area contributed by atoms with Crippen LogP contribution in [0, 0.1) is 6.92 Å². The van der Waals surface area contributed by atoms with Gasteiger partial charge in [0.15, 0.2) is 0 Å². The molecule has 7 nitrogen and oxygen atoms in total. The fourth-order valence-electron chi connectivity index (χ4n) is 3.30. The number of benzene rings is 3. The molecular weight excluding hydrogens is 486 g/mol. The van der Waals surface area contributed by atoms with Crippen molar-refractivity contribution in [3.8, 4) is 0 Å². The lowest BCUT2D eigenvalue weighted by Crippen LogP contribution is -2.38. The molecule has 2 amide bonds. The van der Waals surface area contributed by atoms with E-state index in [0.717, 1.165) is 16.3 Å². The van der Waals surface area contributed by atoms with Gasteiger partial charge in [0.1, 0.15) is 6.54 Å². The molecule has 35 heavy (non-hydrogen) atoms. The van der Waals surface area contributed by atoms with Crippen LogP contribution in [0.2, 0.25) is 5.02 Å². The Balaban J connectivity index is 1.91. The number of carbonyl (C=O) groups is 2. The highest BCUT2D eigenvalue weighted by Gasteiger charge is 2.28. The second kappa shape index (κ2) is 11.4. The number of amides is 2. The summed E-state index contributed by atoms with van der Waals surface area (Å²) in [6, 6.07) is 19.2. The van der Waals surface area contributed by atoms with Crippen LogP contribution in [0.15, 0.2) is 77.7 Å². The Labute approximate surface area is 211 Å². The highest BCUT2D eigenvalue weighted by atomic mass is 35.5. The van der Waals surface area contributed by atoms with E-state index in [1.807, 2.05) is 20.8 Å². The summed E-state index contributed by atoms with van der Waals surface area (Å²) in [6.07, 6.45) is 0.756. The van der Waals surface area contributed by atoms with Crippen molar-refractivity contribution >= 4 is 44.8 Å². The van der Waals surface area contributed by atoms with Crippen molar-refractivity contribution in [3.63, 3.8) is 0 Å². The first-order chi connectivity index (χ1) is 16.6. The number of anilines is 2. The van der Waals surface area contributed by atoms with E-state index >= 15 is 0 Å². The average molecular weight is 514 g/mol. The Morgan fingerprint density at radius 1 is 1.00 bits per heavy atom. The third-order valence-corrected chi connectivity index (χ3v) is 7.45. The van der Waals surface area contributed by atoms with Crippen LogP contribution in [0.25, 0.3) is 0 Å². The van der Waals surface area contributed by atoms with Gasteiger partial charge < -0.3 is 10.6 Å². The van der Waals surface area contributed by atoms with Crippen LogP contribution in [-0.4, -0.2) is 32.8 Å². The van der Waals surface area contributed by atoms with Crippen molar-refractivity contribution in [2.75, 3.05) is 16.2 Å². The molecule has 0 unspecified atom stereocenters. The van der Waals surface area contributed by atoms with Crippen LogP contribution in [0.3, 0.4) is 0 Å². The lowest BCUT2D eigenvalue weighted by molar-refractivity contribution is -0.114. The minimum atomic E-state index is -4.09. The third-order valence-electron chi connectivity index (χ3n) is 5.43. The van der Waals surface area contributed by atoms with Gasteiger partial charge >= 0.3 is 0 Å². The number of hydrogen-bond donors (Lipinski definition) is 2. The van der Waals surface area contributed by atoms with Crippen LogP contribution in [0.4, 0.5) is 11.4 Å². The van der Waals surface area contributed by atoms with E-state index in [-0.39, 0.29) is 33.8 Å². The standard InChI is InChI=1S/C26H28ClN3O4S/c1-4-19(3)28-26(32)23-10-5-6-11-24(23)29-25(31)17-30(21-9-7-8-20(27)16-21)35(33,34)22-14-12-18(2)13-15-22/h5-16,19H,4,17H2,1-3H3,(H,28,32)(H,29,31)/t19-/m0/s1. The predicted molar refractivity (Wildman–Crippen MR) is 139 cm³/mol. The number of sulfonamides is 1. The molecule has 0 spiro atoms. The van der Waals surface area contributed by atoms with E-state index in [1.54, 1.807) is 54.6 Å². The van der Waals surface area contributed by atoms with E-state index in [2.05, 4.69) is 10.6 Å². The van der Waals surface area contributed by atoms with Crippen molar-refractivity contribution in [3.05, 3.63) is 88.9 Å². The Bertz CT molecular complexity index is 1310. The van der Waals surface area contributed by atoms with Crippen molar-refractivity contribution in [2.24, 2.45) is 0 Å². The molecule has 0 aromatic heterocycles. The zero-order valence-electron chi connectivity index (χ0n) is 19.8. The predicted octanol–water partition coefficient (Wildman–Crippen LogP) is 5.01. The molecule has 0 heterocycles. The van der Waals surface area contributed by atoms with Crippen molar-refractivity contribution in [1.29, 1.82) is 0 Å².